The summed E-state index contributed by atoms with van der Waals surface area (Å²) < 4.78 is 0. The number of benzene rings is 3. The van der Waals surface area contributed by atoms with Gasteiger partial charge in [0.15, 0.2) is 0 Å². The molecule has 2 heteroatoms. The van der Waals surface area contributed by atoms with E-state index in [-0.39, 0.29) is 16.7 Å². The molecule has 6 rings (SSSR count). The zero-order chi connectivity index (χ0) is 20.3. The molecule has 3 aromatic carbocycles. The molecule has 2 atom stereocenters. The Labute approximate surface area is 177 Å². The topological polar surface area (TPSA) is 20.3 Å². The van der Waals surface area contributed by atoms with E-state index in [1.807, 2.05) is 23.1 Å². The van der Waals surface area contributed by atoms with E-state index in [1.54, 1.807) is 0 Å². The minimum Gasteiger partial charge on any atom is -0.333 e. The molecule has 0 bridgehead atoms. The normalized spacial score (nSPS) is 25.8. The predicted octanol–water partition coefficient (Wildman–Crippen LogP) is 5.35. The van der Waals surface area contributed by atoms with E-state index in [0.29, 0.717) is 13.1 Å². The third-order valence-electron chi connectivity index (χ3n) is 7.35. The van der Waals surface area contributed by atoms with Crippen LogP contribution in [0.15, 0.2) is 90.5 Å². The Morgan fingerprint density at radius 1 is 0.833 bits per heavy atom. The standard InChI is InChI=1S/C28H23NO/c1-27-16-15-21-11-5-8-14-24(21)28(27)19-29(18-20-9-3-2-4-10-20)26(30)25(28)17-22-12-6-7-13-23(22)27/h2-17H,18-19H2,1H3/t27-,28+/m0/s1. The minimum atomic E-state index is -0.376. The lowest BCUT2D eigenvalue weighted by Gasteiger charge is -2.51. The van der Waals surface area contributed by atoms with Crippen LogP contribution in [0.25, 0.3) is 12.2 Å². The zero-order valence-electron chi connectivity index (χ0n) is 17.0. The number of rotatable bonds is 2. The molecule has 0 aromatic heterocycles. The van der Waals surface area contributed by atoms with Crippen molar-refractivity contribution >= 4 is 18.1 Å². The van der Waals surface area contributed by atoms with Gasteiger partial charge in [0.2, 0.25) is 0 Å². The number of carbonyl (C=O) groups is 1. The maximum atomic E-state index is 13.8. The van der Waals surface area contributed by atoms with Gasteiger partial charge in [0.1, 0.15) is 0 Å². The Morgan fingerprint density at radius 2 is 1.50 bits per heavy atom. The van der Waals surface area contributed by atoms with Crippen LogP contribution in [-0.4, -0.2) is 17.4 Å². The summed E-state index contributed by atoms with van der Waals surface area (Å²) in [4.78, 5) is 15.8. The molecule has 1 saturated heterocycles. The lowest BCUT2D eigenvalue weighted by Crippen LogP contribution is -2.52. The summed E-state index contributed by atoms with van der Waals surface area (Å²) in [6.45, 7) is 3.64. The highest BCUT2D eigenvalue weighted by molar-refractivity contribution is 6.06. The Balaban J connectivity index is 1.59. The van der Waals surface area contributed by atoms with E-state index in [1.165, 1.54) is 22.3 Å². The van der Waals surface area contributed by atoms with Gasteiger partial charge < -0.3 is 4.90 Å². The lowest BCUT2D eigenvalue weighted by molar-refractivity contribution is -0.125. The molecule has 1 fully saturated rings. The van der Waals surface area contributed by atoms with E-state index >= 15 is 0 Å². The van der Waals surface area contributed by atoms with Crippen molar-refractivity contribution in [2.45, 2.75) is 24.3 Å². The minimum absolute atomic E-state index is 0.157. The first-order valence-corrected chi connectivity index (χ1v) is 10.6. The molecule has 3 aromatic rings. The van der Waals surface area contributed by atoms with Gasteiger partial charge in [-0.15, -0.1) is 0 Å². The second-order valence-electron chi connectivity index (χ2n) is 8.82. The molecule has 1 amide bonds. The third-order valence-corrected chi connectivity index (χ3v) is 7.35. The van der Waals surface area contributed by atoms with Gasteiger partial charge in [-0.25, -0.2) is 0 Å². The maximum absolute atomic E-state index is 13.8. The summed E-state index contributed by atoms with van der Waals surface area (Å²) in [5.41, 5.74) is 6.38. The molecule has 146 valence electrons. The number of carbonyl (C=O) groups excluding carboxylic acids is 1. The van der Waals surface area contributed by atoms with Crippen LogP contribution in [0.4, 0.5) is 0 Å². The van der Waals surface area contributed by atoms with Crippen LogP contribution in [-0.2, 0) is 22.2 Å². The van der Waals surface area contributed by atoms with Crippen LogP contribution in [0.3, 0.4) is 0 Å². The van der Waals surface area contributed by atoms with E-state index in [4.69, 9.17) is 0 Å². The third kappa shape index (κ3) is 2.11. The molecule has 0 saturated carbocycles. The average molecular weight is 389 g/mol. The molecule has 1 spiro atoms. The molecule has 0 radical (unpaired) electrons. The van der Waals surface area contributed by atoms with Crippen molar-refractivity contribution in [2.75, 3.05) is 6.54 Å². The van der Waals surface area contributed by atoms with Gasteiger partial charge >= 0.3 is 0 Å². The molecule has 1 aliphatic heterocycles. The van der Waals surface area contributed by atoms with Crippen LogP contribution in [0.5, 0.6) is 0 Å². The Morgan fingerprint density at radius 3 is 2.30 bits per heavy atom. The van der Waals surface area contributed by atoms with Crippen molar-refractivity contribution in [2.24, 2.45) is 0 Å². The maximum Gasteiger partial charge on any atom is 0.251 e. The van der Waals surface area contributed by atoms with Crippen molar-refractivity contribution in [3.05, 3.63) is 118 Å². The predicted molar refractivity (Wildman–Crippen MR) is 121 cm³/mol. The van der Waals surface area contributed by atoms with Crippen molar-refractivity contribution < 1.29 is 4.79 Å². The van der Waals surface area contributed by atoms with Gasteiger partial charge in [-0.2, -0.15) is 0 Å². The summed E-state index contributed by atoms with van der Waals surface area (Å²) >= 11 is 0. The molecule has 0 N–H and O–H groups in total. The average Bonchev–Trinajstić information content (AvgIpc) is 3.06. The number of likely N-dealkylation sites (tertiary alicyclic amines) is 1. The van der Waals surface area contributed by atoms with Crippen LogP contribution in [0.1, 0.15) is 34.7 Å². The molecule has 2 nitrogen and oxygen atoms in total. The molecule has 0 unspecified atom stereocenters. The van der Waals surface area contributed by atoms with Crippen molar-refractivity contribution in [3.8, 4) is 0 Å². The fourth-order valence-corrected chi connectivity index (χ4v) is 5.87. The van der Waals surface area contributed by atoms with E-state index in [0.717, 1.165) is 11.1 Å². The van der Waals surface area contributed by atoms with E-state index < -0.39 is 0 Å². The van der Waals surface area contributed by atoms with Gasteiger partial charge in [0.25, 0.3) is 5.91 Å². The smallest absolute Gasteiger partial charge is 0.251 e. The van der Waals surface area contributed by atoms with Gasteiger partial charge in [-0.05, 0) is 33.9 Å². The molecule has 30 heavy (non-hydrogen) atoms. The SMILES string of the molecule is C[C@@]12C=Cc3ccccc3[C@@]13CN(Cc1ccccc1)C(=O)C3=Cc1ccccc12. The first kappa shape index (κ1) is 17.5. The molecule has 1 heterocycles. The summed E-state index contributed by atoms with van der Waals surface area (Å²) in [6, 6.07) is 27.4. The fraction of sp³-hybridized carbons (Fsp3) is 0.179. The first-order chi connectivity index (χ1) is 14.6. The second kappa shape index (κ2) is 6.06. The number of amides is 1. The van der Waals surface area contributed by atoms with Gasteiger partial charge in [-0.3, -0.25) is 4.79 Å². The summed E-state index contributed by atoms with van der Waals surface area (Å²) in [7, 11) is 0. The first-order valence-electron chi connectivity index (χ1n) is 10.6. The van der Waals surface area contributed by atoms with Crippen molar-refractivity contribution in [1.82, 2.24) is 4.90 Å². The Bertz CT molecular complexity index is 1240. The van der Waals surface area contributed by atoms with Crippen molar-refractivity contribution in [3.63, 3.8) is 0 Å². The second-order valence-corrected chi connectivity index (χ2v) is 8.82. The van der Waals surface area contributed by atoms with Gasteiger partial charge in [0.05, 0.1) is 5.41 Å². The largest absolute Gasteiger partial charge is 0.333 e. The van der Waals surface area contributed by atoms with Gasteiger partial charge in [-0.1, -0.05) is 97.9 Å². The monoisotopic (exact) mass is 389 g/mol. The van der Waals surface area contributed by atoms with Crippen molar-refractivity contribution in [1.29, 1.82) is 0 Å². The summed E-state index contributed by atoms with van der Waals surface area (Å²) in [6.07, 6.45) is 6.73. The summed E-state index contributed by atoms with van der Waals surface area (Å²) in [5, 5.41) is 0. The number of fused-ring (bicyclic) bond motifs is 3. The zero-order valence-corrected chi connectivity index (χ0v) is 17.0. The van der Waals surface area contributed by atoms with Crippen LogP contribution >= 0.6 is 0 Å². The highest BCUT2D eigenvalue weighted by Crippen LogP contribution is 2.60. The highest BCUT2D eigenvalue weighted by atomic mass is 16.2. The number of hydrogen-bond donors (Lipinski definition) is 0. The van der Waals surface area contributed by atoms with Crippen LogP contribution in [0.2, 0.25) is 0 Å². The highest BCUT2D eigenvalue weighted by Gasteiger charge is 2.62. The van der Waals surface area contributed by atoms with Gasteiger partial charge in [0, 0.05) is 24.1 Å². The molecular weight excluding hydrogens is 366 g/mol. The van der Waals surface area contributed by atoms with Crippen LogP contribution < -0.4 is 0 Å². The quantitative estimate of drug-likeness (QED) is 0.579. The molecule has 3 aliphatic rings. The lowest BCUT2D eigenvalue weighted by atomic mass is 9.50. The summed E-state index contributed by atoms with van der Waals surface area (Å²) in [5.74, 6) is 0.157. The fourth-order valence-electron chi connectivity index (χ4n) is 5.87. The molecular formula is C28H23NO. The van der Waals surface area contributed by atoms with Crippen LogP contribution in [0, 0.1) is 0 Å². The number of nitrogens with zero attached hydrogens (tertiary/aromatic N) is 1. The number of hydrogen-bond acceptors (Lipinski definition) is 1. The number of allylic oxidation sites excluding steroid dienone is 1. The molecule has 2 aliphatic carbocycles. The Hall–Kier alpha value is -3.39. The van der Waals surface area contributed by atoms with E-state index in [9.17, 15) is 4.79 Å². The Kier molecular flexibility index (Phi) is 3.53. The van der Waals surface area contributed by atoms with E-state index in [2.05, 4.69) is 85.8 Å².